The fourth-order valence-electron chi connectivity index (χ4n) is 2.33. The number of hydrogen-bond acceptors (Lipinski definition) is 4. The minimum atomic E-state index is -0.513. The first-order chi connectivity index (χ1) is 9.52. The number of hydrogen-bond donors (Lipinski definition) is 0. The van der Waals surface area contributed by atoms with Crippen LogP contribution in [0.4, 0.5) is 0 Å². The van der Waals surface area contributed by atoms with Crippen molar-refractivity contribution in [1.82, 2.24) is 0 Å². The number of rotatable bonds is 8. The highest BCUT2D eigenvalue weighted by atomic mass is 16.7. The smallest absolute Gasteiger partial charge is 0.335 e. The molecule has 1 unspecified atom stereocenters. The summed E-state index contributed by atoms with van der Waals surface area (Å²) in [6.07, 6.45) is 5.57. The van der Waals surface area contributed by atoms with Crippen LogP contribution < -0.4 is 0 Å². The topological polar surface area (TPSA) is 44.8 Å². The Morgan fingerprint density at radius 3 is 2.30 bits per heavy atom. The summed E-state index contributed by atoms with van der Waals surface area (Å²) in [6.45, 7) is 11.9. The molecular formula is C16H26O4. The lowest BCUT2D eigenvalue weighted by molar-refractivity contribution is -0.173. The van der Waals surface area contributed by atoms with E-state index in [2.05, 4.69) is 13.2 Å². The van der Waals surface area contributed by atoms with E-state index >= 15 is 0 Å². The van der Waals surface area contributed by atoms with Crippen LogP contribution in [0.25, 0.3) is 0 Å². The Morgan fingerprint density at radius 1 is 1.25 bits per heavy atom. The third kappa shape index (κ3) is 6.24. The number of carbonyl (C=O) groups is 1. The first-order valence-electron chi connectivity index (χ1n) is 7.23. The second-order valence-corrected chi connectivity index (χ2v) is 5.47. The molecule has 0 saturated heterocycles. The normalized spacial score (nSPS) is 23.7. The highest BCUT2D eigenvalue weighted by molar-refractivity contribution is 5.86. The van der Waals surface area contributed by atoms with Gasteiger partial charge in [-0.15, -0.1) is 0 Å². The van der Waals surface area contributed by atoms with Gasteiger partial charge in [-0.2, -0.15) is 0 Å². The molecule has 1 rings (SSSR count). The van der Waals surface area contributed by atoms with Crippen LogP contribution in [0.2, 0.25) is 0 Å². The van der Waals surface area contributed by atoms with E-state index in [1.54, 1.807) is 13.8 Å². The molecule has 0 aliphatic heterocycles. The molecule has 1 aliphatic rings. The summed E-state index contributed by atoms with van der Waals surface area (Å²) in [5.74, 6) is 0.770. The molecule has 0 N–H and O–H groups in total. The number of carbonyl (C=O) groups excluding carboxylic acids is 1. The fraction of sp³-hybridized carbons (Fsp3) is 0.688. The highest BCUT2D eigenvalue weighted by Crippen LogP contribution is 2.29. The molecule has 114 valence electrons. The van der Waals surface area contributed by atoms with E-state index in [0.717, 1.165) is 32.3 Å². The summed E-state index contributed by atoms with van der Waals surface area (Å²) in [6, 6.07) is 0. The quantitative estimate of drug-likeness (QED) is 0.296. The van der Waals surface area contributed by atoms with Crippen LogP contribution in [0.1, 0.15) is 39.5 Å². The summed E-state index contributed by atoms with van der Waals surface area (Å²) in [5, 5.41) is 0. The molecule has 0 aromatic rings. The molecule has 0 heterocycles. The number of ether oxygens (including phenoxy) is 3. The van der Waals surface area contributed by atoms with Crippen molar-refractivity contribution in [2.75, 3.05) is 13.2 Å². The zero-order valence-corrected chi connectivity index (χ0v) is 12.6. The molecule has 4 nitrogen and oxygen atoms in total. The van der Waals surface area contributed by atoms with Crippen molar-refractivity contribution in [3.63, 3.8) is 0 Å². The fourth-order valence-corrected chi connectivity index (χ4v) is 2.33. The van der Waals surface area contributed by atoms with Gasteiger partial charge in [-0.05, 0) is 51.4 Å². The van der Waals surface area contributed by atoms with Crippen LogP contribution in [0.3, 0.4) is 0 Å². The highest BCUT2D eigenvalue weighted by Gasteiger charge is 2.22. The summed E-state index contributed by atoms with van der Waals surface area (Å²) >= 11 is 0. The molecule has 0 aromatic heterocycles. The van der Waals surface area contributed by atoms with E-state index in [1.165, 1.54) is 6.26 Å². The van der Waals surface area contributed by atoms with Gasteiger partial charge in [0.25, 0.3) is 0 Å². The van der Waals surface area contributed by atoms with Crippen molar-refractivity contribution in [3.8, 4) is 0 Å². The van der Waals surface area contributed by atoms with Crippen molar-refractivity contribution in [1.29, 1.82) is 0 Å². The van der Waals surface area contributed by atoms with Gasteiger partial charge >= 0.3 is 5.97 Å². The maximum atomic E-state index is 11.3. The van der Waals surface area contributed by atoms with E-state index in [0.29, 0.717) is 24.0 Å². The van der Waals surface area contributed by atoms with Gasteiger partial charge in [0.1, 0.15) is 0 Å². The lowest BCUT2D eigenvalue weighted by Crippen LogP contribution is -2.25. The SMILES string of the molecule is C=COCC1CCC(COC(C)OC(=O)C(=C)C)CC1. The maximum Gasteiger partial charge on any atom is 0.335 e. The summed E-state index contributed by atoms with van der Waals surface area (Å²) in [5.41, 5.74) is 0.392. The van der Waals surface area contributed by atoms with Gasteiger partial charge in [0.2, 0.25) is 0 Å². The molecule has 20 heavy (non-hydrogen) atoms. The summed E-state index contributed by atoms with van der Waals surface area (Å²) < 4.78 is 15.9. The van der Waals surface area contributed by atoms with E-state index in [4.69, 9.17) is 14.2 Å². The van der Waals surface area contributed by atoms with Crippen LogP contribution in [0.15, 0.2) is 25.0 Å². The minimum Gasteiger partial charge on any atom is -0.502 e. The summed E-state index contributed by atoms with van der Waals surface area (Å²) in [7, 11) is 0. The lowest BCUT2D eigenvalue weighted by Gasteiger charge is -2.28. The van der Waals surface area contributed by atoms with Gasteiger partial charge in [-0.25, -0.2) is 4.79 Å². The molecule has 1 atom stereocenters. The average Bonchev–Trinajstić information content (AvgIpc) is 2.43. The van der Waals surface area contributed by atoms with Crippen LogP contribution in [0.5, 0.6) is 0 Å². The van der Waals surface area contributed by atoms with Gasteiger partial charge in [-0.3, -0.25) is 0 Å². The van der Waals surface area contributed by atoms with E-state index in [9.17, 15) is 4.79 Å². The van der Waals surface area contributed by atoms with E-state index < -0.39 is 12.3 Å². The van der Waals surface area contributed by atoms with E-state index in [1.807, 2.05) is 0 Å². The van der Waals surface area contributed by atoms with Gasteiger partial charge in [0, 0.05) is 5.57 Å². The first-order valence-corrected chi connectivity index (χ1v) is 7.23. The third-order valence-corrected chi connectivity index (χ3v) is 3.60. The van der Waals surface area contributed by atoms with Gasteiger partial charge in [0.05, 0.1) is 19.5 Å². The standard InChI is InChI=1S/C16H26O4/c1-5-18-10-14-6-8-15(9-7-14)11-19-13(4)20-16(17)12(2)3/h5,13-15H,1-2,6-11H2,3-4H3. The number of esters is 1. The second kappa shape index (κ2) is 8.80. The van der Waals surface area contributed by atoms with Crippen molar-refractivity contribution in [2.45, 2.75) is 45.8 Å². The molecule has 1 fully saturated rings. The molecule has 0 amide bonds. The Hall–Kier alpha value is -1.29. The maximum absolute atomic E-state index is 11.3. The van der Waals surface area contributed by atoms with Gasteiger partial charge in [-0.1, -0.05) is 13.2 Å². The zero-order valence-electron chi connectivity index (χ0n) is 12.6. The third-order valence-electron chi connectivity index (χ3n) is 3.60. The molecule has 1 saturated carbocycles. The Labute approximate surface area is 121 Å². The largest absolute Gasteiger partial charge is 0.502 e. The van der Waals surface area contributed by atoms with Gasteiger partial charge < -0.3 is 14.2 Å². The predicted molar refractivity (Wildman–Crippen MR) is 77.9 cm³/mol. The molecular weight excluding hydrogens is 256 g/mol. The van der Waals surface area contributed by atoms with Gasteiger partial charge in [0.15, 0.2) is 6.29 Å². The molecule has 0 radical (unpaired) electrons. The van der Waals surface area contributed by atoms with Crippen LogP contribution >= 0.6 is 0 Å². The predicted octanol–water partition coefficient (Wildman–Crippen LogP) is 3.43. The van der Waals surface area contributed by atoms with Crippen LogP contribution in [0, 0.1) is 11.8 Å². The molecule has 0 bridgehead atoms. The average molecular weight is 282 g/mol. The molecule has 0 spiro atoms. The van der Waals surface area contributed by atoms with Crippen molar-refractivity contribution in [2.24, 2.45) is 11.8 Å². The Kier molecular flexibility index (Phi) is 7.37. The Balaban J connectivity index is 2.16. The van der Waals surface area contributed by atoms with Crippen LogP contribution in [-0.4, -0.2) is 25.5 Å². The first kappa shape index (κ1) is 16.8. The lowest BCUT2D eigenvalue weighted by atomic mass is 9.83. The minimum absolute atomic E-state index is 0.392. The molecule has 1 aliphatic carbocycles. The summed E-state index contributed by atoms with van der Waals surface area (Å²) in [4.78, 5) is 11.3. The monoisotopic (exact) mass is 282 g/mol. The zero-order chi connectivity index (χ0) is 15.0. The van der Waals surface area contributed by atoms with Crippen LogP contribution in [-0.2, 0) is 19.0 Å². The van der Waals surface area contributed by atoms with Crippen molar-refractivity contribution in [3.05, 3.63) is 25.0 Å². The van der Waals surface area contributed by atoms with Crippen molar-refractivity contribution < 1.29 is 19.0 Å². The molecule has 4 heteroatoms. The van der Waals surface area contributed by atoms with Crippen molar-refractivity contribution >= 4 is 5.97 Å². The Bertz CT molecular complexity index is 329. The molecule has 0 aromatic carbocycles. The second-order valence-electron chi connectivity index (χ2n) is 5.47. The Morgan fingerprint density at radius 2 is 1.80 bits per heavy atom. The van der Waals surface area contributed by atoms with E-state index in [-0.39, 0.29) is 0 Å².